The molecule has 1 amide bonds. The van der Waals surface area contributed by atoms with Crippen molar-refractivity contribution in [3.8, 4) is 0 Å². The van der Waals surface area contributed by atoms with Gasteiger partial charge in [-0.05, 0) is 31.2 Å². The number of thiol groups is 1. The number of aromatic nitrogens is 1. The molecular weight excluding hydrogens is 256 g/mol. The van der Waals surface area contributed by atoms with E-state index in [9.17, 15) is 4.79 Å². The first-order valence-electron chi connectivity index (χ1n) is 6.19. The summed E-state index contributed by atoms with van der Waals surface area (Å²) in [7, 11) is 0. The maximum absolute atomic E-state index is 12.5. The van der Waals surface area contributed by atoms with E-state index in [1.54, 1.807) is 17.2 Å². The largest absolute Gasteiger partial charge is 0.333 e. The van der Waals surface area contributed by atoms with E-state index >= 15 is 0 Å². The van der Waals surface area contributed by atoms with Gasteiger partial charge in [0.2, 0.25) is 0 Å². The Balaban J connectivity index is 2.18. The lowest BCUT2D eigenvalue weighted by Gasteiger charge is -2.21. The molecule has 0 atom stereocenters. The Labute approximate surface area is 118 Å². The molecule has 98 valence electrons. The van der Waals surface area contributed by atoms with E-state index in [1.807, 2.05) is 43.3 Å². The summed E-state index contributed by atoms with van der Waals surface area (Å²) >= 11 is 4.33. The minimum atomic E-state index is -0.0150. The number of amides is 1. The molecule has 0 N–H and O–H groups in total. The van der Waals surface area contributed by atoms with Crippen molar-refractivity contribution in [1.29, 1.82) is 0 Å². The zero-order chi connectivity index (χ0) is 13.7. The standard InChI is InChI=1S/C15H16N2OS/c1-2-17(11-12-7-5-6-10-16-12)15(18)13-8-3-4-9-14(13)19/h3-10,19H,2,11H2,1H3. The Hall–Kier alpha value is -1.81. The second-order valence-corrected chi connectivity index (χ2v) is 4.64. The number of carbonyl (C=O) groups excluding carboxylic acids is 1. The molecule has 0 aliphatic rings. The molecule has 0 saturated carbocycles. The fourth-order valence-corrected chi connectivity index (χ4v) is 2.10. The molecule has 1 aromatic heterocycles. The van der Waals surface area contributed by atoms with Gasteiger partial charge in [-0.25, -0.2) is 0 Å². The van der Waals surface area contributed by atoms with Gasteiger partial charge in [-0.1, -0.05) is 18.2 Å². The number of hydrogen-bond donors (Lipinski definition) is 1. The number of nitrogens with zero attached hydrogens (tertiary/aromatic N) is 2. The fraction of sp³-hybridized carbons (Fsp3) is 0.200. The zero-order valence-corrected chi connectivity index (χ0v) is 11.7. The highest BCUT2D eigenvalue weighted by Gasteiger charge is 2.16. The van der Waals surface area contributed by atoms with Crippen molar-refractivity contribution in [2.24, 2.45) is 0 Å². The molecule has 0 aliphatic heterocycles. The minimum Gasteiger partial charge on any atom is -0.333 e. The Kier molecular flexibility index (Phi) is 4.58. The van der Waals surface area contributed by atoms with Crippen molar-refractivity contribution in [2.75, 3.05) is 6.54 Å². The van der Waals surface area contributed by atoms with Gasteiger partial charge in [0, 0.05) is 17.6 Å². The normalized spacial score (nSPS) is 10.2. The molecular formula is C15H16N2OS. The van der Waals surface area contributed by atoms with Gasteiger partial charge >= 0.3 is 0 Å². The lowest BCUT2D eigenvalue weighted by molar-refractivity contribution is 0.0747. The molecule has 2 aromatic rings. The first-order chi connectivity index (χ1) is 9.22. The summed E-state index contributed by atoms with van der Waals surface area (Å²) in [4.78, 5) is 19.2. The third-order valence-electron chi connectivity index (χ3n) is 2.88. The van der Waals surface area contributed by atoms with Crippen molar-refractivity contribution in [3.63, 3.8) is 0 Å². The van der Waals surface area contributed by atoms with Crippen LogP contribution in [0.15, 0.2) is 53.6 Å². The van der Waals surface area contributed by atoms with E-state index < -0.39 is 0 Å². The first-order valence-corrected chi connectivity index (χ1v) is 6.64. The third kappa shape index (κ3) is 3.35. The van der Waals surface area contributed by atoms with Crippen LogP contribution in [0.25, 0.3) is 0 Å². The van der Waals surface area contributed by atoms with E-state index in [-0.39, 0.29) is 5.91 Å². The zero-order valence-electron chi connectivity index (χ0n) is 10.8. The number of hydrogen-bond acceptors (Lipinski definition) is 3. The number of carbonyl (C=O) groups is 1. The van der Waals surface area contributed by atoms with Gasteiger partial charge in [0.05, 0.1) is 17.8 Å². The van der Waals surface area contributed by atoms with E-state index in [0.717, 1.165) is 5.69 Å². The predicted molar refractivity (Wildman–Crippen MR) is 78.3 cm³/mol. The van der Waals surface area contributed by atoms with Crippen LogP contribution in [0.2, 0.25) is 0 Å². The molecule has 19 heavy (non-hydrogen) atoms. The van der Waals surface area contributed by atoms with Crippen molar-refractivity contribution >= 4 is 18.5 Å². The highest BCUT2D eigenvalue weighted by Crippen LogP contribution is 2.16. The molecule has 3 nitrogen and oxygen atoms in total. The van der Waals surface area contributed by atoms with Crippen molar-refractivity contribution < 1.29 is 4.79 Å². The summed E-state index contributed by atoms with van der Waals surface area (Å²) in [6, 6.07) is 13.0. The molecule has 0 spiro atoms. The Morgan fingerprint density at radius 2 is 1.95 bits per heavy atom. The van der Waals surface area contributed by atoms with E-state index in [2.05, 4.69) is 17.6 Å². The number of benzene rings is 1. The van der Waals surface area contributed by atoms with Gasteiger partial charge in [0.15, 0.2) is 0 Å². The van der Waals surface area contributed by atoms with Crippen LogP contribution in [0.1, 0.15) is 23.0 Å². The number of pyridine rings is 1. The van der Waals surface area contributed by atoms with Gasteiger partial charge in [0.1, 0.15) is 0 Å². The summed E-state index contributed by atoms with van der Waals surface area (Å²) < 4.78 is 0. The van der Waals surface area contributed by atoms with Crippen molar-refractivity contribution in [2.45, 2.75) is 18.4 Å². The molecule has 4 heteroatoms. The summed E-state index contributed by atoms with van der Waals surface area (Å²) in [5.74, 6) is -0.0150. The van der Waals surface area contributed by atoms with Crippen molar-refractivity contribution in [3.05, 3.63) is 59.9 Å². The highest BCUT2D eigenvalue weighted by atomic mass is 32.1. The van der Waals surface area contributed by atoms with Crippen LogP contribution in [-0.4, -0.2) is 22.3 Å². The fourth-order valence-electron chi connectivity index (χ4n) is 1.84. The van der Waals surface area contributed by atoms with Gasteiger partial charge in [-0.3, -0.25) is 9.78 Å². The SMILES string of the molecule is CCN(Cc1ccccn1)C(=O)c1ccccc1S. The van der Waals surface area contributed by atoms with Crippen LogP contribution >= 0.6 is 12.6 Å². The topological polar surface area (TPSA) is 33.2 Å². The third-order valence-corrected chi connectivity index (χ3v) is 3.27. The smallest absolute Gasteiger partial charge is 0.255 e. The molecule has 0 radical (unpaired) electrons. The van der Waals surface area contributed by atoms with Crippen LogP contribution in [0.5, 0.6) is 0 Å². The second kappa shape index (κ2) is 6.38. The van der Waals surface area contributed by atoms with Gasteiger partial charge < -0.3 is 4.90 Å². The molecule has 0 unspecified atom stereocenters. The van der Waals surface area contributed by atoms with Crippen LogP contribution in [0.4, 0.5) is 0 Å². The molecule has 1 heterocycles. The maximum Gasteiger partial charge on any atom is 0.255 e. The van der Waals surface area contributed by atoms with E-state index in [0.29, 0.717) is 23.5 Å². The van der Waals surface area contributed by atoms with Crippen LogP contribution in [0, 0.1) is 0 Å². The molecule has 0 aliphatic carbocycles. The lowest BCUT2D eigenvalue weighted by atomic mass is 10.2. The molecule has 0 bridgehead atoms. The summed E-state index contributed by atoms with van der Waals surface area (Å²) in [5.41, 5.74) is 1.51. The van der Waals surface area contributed by atoms with E-state index in [4.69, 9.17) is 0 Å². The molecule has 1 aromatic carbocycles. The van der Waals surface area contributed by atoms with Gasteiger partial charge in [0.25, 0.3) is 5.91 Å². The monoisotopic (exact) mass is 272 g/mol. The summed E-state index contributed by atoms with van der Waals surface area (Å²) in [5, 5.41) is 0. The van der Waals surface area contributed by atoms with Gasteiger partial charge in [-0.2, -0.15) is 0 Å². The Morgan fingerprint density at radius 3 is 2.58 bits per heavy atom. The molecule has 2 rings (SSSR count). The van der Waals surface area contributed by atoms with Gasteiger partial charge in [-0.15, -0.1) is 12.6 Å². The lowest BCUT2D eigenvalue weighted by Crippen LogP contribution is -2.30. The first kappa shape index (κ1) is 13.6. The summed E-state index contributed by atoms with van der Waals surface area (Å²) in [6.45, 7) is 3.11. The average molecular weight is 272 g/mol. The number of rotatable bonds is 4. The minimum absolute atomic E-state index is 0.0150. The Morgan fingerprint density at radius 1 is 1.21 bits per heavy atom. The van der Waals surface area contributed by atoms with Crippen LogP contribution in [-0.2, 0) is 6.54 Å². The van der Waals surface area contributed by atoms with Crippen LogP contribution < -0.4 is 0 Å². The van der Waals surface area contributed by atoms with Crippen molar-refractivity contribution in [1.82, 2.24) is 9.88 Å². The predicted octanol–water partition coefficient (Wildman–Crippen LogP) is 3.03. The maximum atomic E-state index is 12.5. The average Bonchev–Trinajstić information content (AvgIpc) is 2.46. The van der Waals surface area contributed by atoms with E-state index in [1.165, 1.54) is 0 Å². The summed E-state index contributed by atoms with van der Waals surface area (Å²) in [6.07, 6.45) is 1.74. The quantitative estimate of drug-likeness (QED) is 0.868. The Bertz CT molecular complexity index is 557. The second-order valence-electron chi connectivity index (χ2n) is 4.16. The molecule has 0 saturated heterocycles. The highest BCUT2D eigenvalue weighted by molar-refractivity contribution is 7.80. The molecule has 0 fully saturated rings. The van der Waals surface area contributed by atoms with Crippen LogP contribution in [0.3, 0.4) is 0 Å².